The number of nitrogens with two attached hydrogens (primary N) is 1. The quantitative estimate of drug-likeness (QED) is 0.689. The monoisotopic (exact) mass is 181 g/mol. The van der Waals surface area contributed by atoms with Gasteiger partial charge in [0.05, 0.1) is 5.41 Å². The molecule has 0 heterocycles. The van der Waals surface area contributed by atoms with Crippen LogP contribution in [0, 0.1) is 5.41 Å². The highest BCUT2D eigenvalue weighted by Gasteiger charge is 2.32. The minimum atomic E-state index is -0.832. The molecule has 0 aliphatic heterocycles. The van der Waals surface area contributed by atoms with E-state index in [1.165, 1.54) is 0 Å². The molecule has 0 spiro atoms. The number of rotatable bonds is 3. The van der Waals surface area contributed by atoms with Crippen molar-refractivity contribution in [1.82, 2.24) is 0 Å². The maximum absolute atomic E-state index is 10.5. The Bertz CT molecular complexity index is 136. The smallest absolute Gasteiger partial charge is 0.310 e. The summed E-state index contributed by atoms with van der Waals surface area (Å²) in [5.74, 6) is -0.832. The third-order valence-electron chi connectivity index (χ3n) is 1.92. The Labute approximate surface area is 73.4 Å². The van der Waals surface area contributed by atoms with Gasteiger partial charge in [-0.2, -0.15) is 0 Å². The Morgan fingerprint density at radius 1 is 1.64 bits per heavy atom. The molecule has 0 radical (unpaired) electrons. The van der Waals surface area contributed by atoms with Crippen LogP contribution in [-0.2, 0) is 4.79 Å². The number of halogens is 1. The van der Waals surface area contributed by atoms with Gasteiger partial charge in [-0.1, -0.05) is 6.92 Å². The van der Waals surface area contributed by atoms with Crippen LogP contribution in [-0.4, -0.2) is 17.1 Å². The Kier molecular flexibility index (Phi) is 5.53. The van der Waals surface area contributed by atoms with Crippen molar-refractivity contribution < 1.29 is 9.90 Å². The molecule has 3 nitrogen and oxygen atoms in total. The molecule has 0 aromatic carbocycles. The standard InChI is InChI=1S/C7H15NO2.ClH/c1-4-5(8)7(2,3)6(9)10;/h5H,4,8H2,1-3H3,(H,9,10);1H. The molecule has 0 rings (SSSR count). The fourth-order valence-corrected chi connectivity index (χ4v) is 0.669. The first kappa shape index (κ1) is 13.3. The van der Waals surface area contributed by atoms with Crippen LogP contribution < -0.4 is 5.73 Å². The maximum Gasteiger partial charge on any atom is 0.310 e. The van der Waals surface area contributed by atoms with Crippen molar-refractivity contribution in [3.63, 3.8) is 0 Å². The lowest BCUT2D eigenvalue weighted by Gasteiger charge is -2.25. The molecule has 11 heavy (non-hydrogen) atoms. The first-order valence-electron chi connectivity index (χ1n) is 3.42. The third kappa shape index (κ3) is 3.08. The van der Waals surface area contributed by atoms with Crippen molar-refractivity contribution in [3.8, 4) is 0 Å². The van der Waals surface area contributed by atoms with Gasteiger partial charge < -0.3 is 10.8 Å². The zero-order chi connectivity index (χ0) is 8.36. The topological polar surface area (TPSA) is 63.3 Å². The molecule has 0 bridgehead atoms. The molecule has 0 aliphatic rings. The van der Waals surface area contributed by atoms with Crippen LogP contribution in [0.15, 0.2) is 0 Å². The van der Waals surface area contributed by atoms with Crippen molar-refractivity contribution >= 4 is 18.4 Å². The van der Waals surface area contributed by atoms with E-state index in [9.17, 15) is 4.79 Å². The van der Waals surface area contributed by atoms with Crippen LogP contribution in [0.25, 0.3) is 0 Å². The average molecular weight is 182 g/mol. The molecular formula is C7H16ClNO2. The second-order valence-electron chi connectivity index (χ2n) is 3.04. The van der Waals surface area contributed by atoms with E-state index >= 15 is 0 Å². The van der Waals surface area contributed by atoms with Crippen molar-refractivity contribution in [2.75, 3.05) is 0 Å². The lowest BCUT2D eigenvalue weighted by molar-refractivity contribution is -0.148. The number of aliphatic carboxylic acids is 1. The molecule has 0 amide bonds. The minimum absolute atomic E-state index is 0. The third-order valence-corrected chi connectivity index (χ3v) is 1.92. The van der Waals surface area contributed by atoms with Gasteiger partial charge in [0, 0.05) is 6.04 Å². The van der Waals surface area contributed by atoms with Gasteiger partial charge in [0.15, 0.2) is 0 Å². The molecule has 0 aromatic heterocycles. The van der Waals surface area contributed by atoms with Crippen molar-refractivity contribution in [1.29, 1.82) is 0 Å². The van der Waals surface area contributed by atoms with Gasteiger partial charge in [0.2, 0.25) is 0 Å². The number of carboxylic acids is 1. The molecule has 4 heteroatoms. The van der Waals surface area contributed by atoms with E-state index in [0.717, 1.165) is 0 Å². The zero-order valence-corrected chi connectivity index (χ0v) is 7.94. The summed E-state index contributed by atoms with van der Waals surface area (Å²) in [6, 6.07) is -0.259. The average Bonchev–Trinajstić information content (AvgIpc) is 1.86. The number of hydrogen-bond acceptors (Lipinski definition) is 2. The maximum atomic E-state index is 10.5. The Morgan fingerprint density at radius 3 is 2.09 bits per heavy atom. The highest BCUT2D eigenvalue weighted by atomic mass is 35.5. The van der Waals surface area contributed by atoms with Crippen molar-refractivity contribution in [2.45, 2.75) is 33.2 Å². The number of carboxylic acid groups (broad SMARTS) is 1. The number of carbonyl (C=O) groups is 1. The first-order chi connectivity index (χ1) is 4.42. The van der Waals surface area contributed by atoms with Gasteiger partial charge in [0.25, 0.3) is 0 Å². The SMILES string of the molecule is CCC(N)C(C)(C)C(=O)O.Cl. The molecule has 1 unspecified atom stereocenters. The fraction of sp³-hybridized carbons (Fsp3) is 0.857. The van der Waals surface area contributed by atoms with Gasteiger partial charge in [-0.15, -0.1) is 12.4 Å². The van der Waals surface area contributed by atoms with E-state index in [-0.39, 0.29) is 18.4 Å². The summed E-state index contributed by atoms with van der Waals surface area (Å²) in [6.45, 7) is 5.17. The lowest BCUT2D eigenvalue weighted by Crippen LogP contribution is -2.42. The van der Waals surface area contributed by atoms with Crippen LogP contribution in [0.1, 0.15) is 27.2 Å². The second kappa shape index (κ2) is 4.57. The van der Waals surface area contributed by atoms with E-state index in [1.54, 1.807) is 13.8 Å². The normalized spacial score (nSPS) is 13.5. The summed E-state index contributed by atoms with van der Waals surface area (Å²) in [7, 11) is 0. The molecule has 0 saturated carbocycles. The second-order valence-corrected chi connectivity index (χ2v) is 3.04. The van der Waals surface area contributed by atoms with E-state index in [0.29, 0.717) is 6.42 Å². The number of hydrogen-bond donors (Lipinski definition) is 2. The van der Waals surface area contributed by atoms with Crippen molar-refractivity contribution in [3.05, 3.63) is 0 Å². The van der Waals surface area contributed by atoms with Gasteiger partial charge in [-0.25, -0.2) is 0 Å². The molecule has 68 valence electrons. The van der Waals surface area contributed by atoms with E-state index in [1.807, 2.05) is 6.92 Å². The van der Waals surface area contributed by atoms with Gasteiger partial charge in [-0.3, -0.25) is 4.79 Å². The van der Waals surface area contributed by atoms with Crippen LogP contribution in [0.5, 0.6) is 0 Å². The lowest BCUT2D eigenvalue weighted by atomic mass is 9.84. The molecule has 0 fully saturated rings. The molecule has 0 aromatic rings. The van der Waals surface area contributed by atoms with E-state index in [2.05, 4.69) is 0 Å². The highest BCUT2D eigenvalue weighted by Crippen LogP contribution is 2.20. The largest absolute Gasteiger partial charge is 0.481 e. The van der Waals surface area contributed by atoms with Gasteiger partial charge >= 0.3 is 5.97 Å². The fourth-order valence-electron chi connectivity index (χ4n) is 0.669. The molecule has 0 saturated heterocycles. The van der Waals surface area contributed by atoms with Gasteiger partial charge in [0.1, 0.15) is 0 Å². The Balaban J connectivity index is 0. The summed E-state index contributed by atoms with van der Waals surface area (Å²) >= 11 is 0. The highest BCUT2D eigenvalue weighted by molar-refractivity contribution is 5.85. The van der Waals surface area contributed by atoms with Crippen LogP contribution in [0.2, 0.25) is 0 Å². The Morgan fingerprint density at radius 2 is 2.00 bits per heavy atom. The van der Waals surface area contributed by atoms with E-state index in [4.69, 9.17) is 10.8 Å². The summed E-state index contributed by atoms with van der Waals surface area (Å²) in [4.78, 5) is 10.5. The Hall–Kier alpha value is -0.280. The summed E-state index contributed by atoms with van der Waals surface area (Å²) in [5, 5.41) is 8.66. The summed E-state index contributed by atoms with van der Waals surface area (Å²) in [5.41, 5.74) is 4.77. The molecule has 3 N–H and O–H groups in total. The van der Waals surface area contributed by atoms with Gasteiger partial charge in [-0.05, 0) is 20.3 Å². The van der Waals surface area contributed by atoms with Crippen LogP contribution >= 0.6 is 12.4 Å². The molecular weight excluding hydrogens is 166 g/mol. The van der Waals surface area contributed by atoms with Crippen LogP contribution in [0.3, 0.4) is 0 Å². The zero-order valence-electron chi connectivity index (χ0n) is 7.13. The molecule has 0 aliphatic carbocycles. The molecule has 1 atom stereocenters. The van der Waals surface area contributed by atoms with E-state index < -0.39 is 11.4 Å². The van der Waals surface area contributed by atoms with Crippen LogP contribution in [0.4, 0.5) is 0 Å². The predicted octanol–water partition coefficient (Wildman–Crippen LogP) is 1.26. The summed E-state index contributed by atoms with van der Waals surface area (Å²) in [6.07, 6.45) is 0.694. The minimum Gasteiger partial charge on any atom is -0.481 e. The van der Waals surface area contributed by atoms with Crippen molar-refractivity contribution in [2.24, 2.45) is 11.1 Å². The predicted molar refractivity (Wildman–Crippen MR) is 46.9 cm³/mol. The first-order valence-corrected chi connectivity index (χ1v) is 3.42. The summed E-state index contributed by atoms with van der Waals surface area (Å²) < 4.78 is 0.